The molecule has 110 valence electrons. The van der Waals surface area contributed by atoms with Gasteiger partial charge in [0.25, 0.3) is 0 Å². The Morgan fingerprint density at radius 2 is 1.90 bits per heavy atom. The summed E-state index contributed by atoms with van der Waals surface area (Å²) >= 11 is 5.75. The lowest BCUT2D eigenvalue weighted by molar-refractivity contribution is -0.146. The summed E-state index contributed by atoms with van der Waals surface area (Å²) in [6.07, 6.45) is 0.133. The number of hydrogen-bond donors (Lipinski definition) is 1. The maximum absolute atomic E-state index is 11.9. The van der Waals surface area contributed by atoms with Crippen LogP contribution < -0.4 is 4.74 Å². The van der Waals surface area contributed by atoms with E-state index in [-0.39, 0.29) is 31.5 Å². The number of carbonyl (C=O) groups is 2. The smallest absolute Gasteiger partial charge is 0.323 e. The van der Waals surface area contributed by atoms with Gasteiger partial charge in [-0.1, -0.05) is 11.6 Å². The fraction of sp³-hybridized carbons (Fsp3) is 0.429. The molecule has 1 aromatic carbocycles. The summed E-state index contributed by atoms with van der Waals surface area (Å²) < 4.78 is 5.41. The third-order valence-electron chi connectivity index (χ3n) is 2.65. The normalized spacial score (nSPS) is 10.4. The third kappa shape index (κ3) is 5.48. The molecule has 0 aliphatic carbocycles. The van der Waals surface area contributed by atoms with Crippen LogP contribution in [0.15, 0.2) is 24.3 Å². The summed E-state index contributed by atoms with van der Waals surface area (Å²) in [7, 11) is 0. The Kier molecular flexibility index (Phi) is 6.31. The van der Waals surface area contributed by atoms with Gasteiger partial charge in [-0.15, -0.1) is 0 Å². The van der Waals surface area contributed by atoms with Crippen molar-refractivity contribution in [2.24, 2.45) is 0 Å². The van der Waals surface area contributed by atoms with Crippen molar-refractivity contribution in [3.05, 3.63) is 29.3 Å². The molecule has 6 heteroatoms. The maximum Gasteiger partial charge on any atom is 0.323 e. The molecule has 0 aromatic heterocycles. The van der Waals surface area contributed by atoms with Gasteiger partial charge in [0.15, 0.2) is 0 Å². The van der Waals surface area contributed by atoms with Crippen molar-refractivity contribution >= 4 is 23.5 Å². The largest absolute Gasteiger partial charge is 0.493 e. The molecule has 0 fully saturated rings. The molecule has 1 N–H and O–H groups in total. The van der Waals surface area contributed by atoms with Crippen molar-refractivity contribution in [2.45, 2.75) is 26.3 Å². The maximum atomic E-state index is 11.9. The molecule has 0 aliphatic heterocycles. The number of ether oxygens (including phenoxy) is 1. The van der Waals surface area contributed by atoms with Crippen LogP contribution in [0.25, 0.3) is 0 Å². The van der Waals surface area contributed by atoms with Gasteiger partial charge in [-0.05, 0) is 38.1 Å². The molecule has 0 atom stereocenters. The molecule has 0 saturated carbocycles. The molecule has 0 radical (unpaired) electrons. The van der Waals surface area contributed by atoms with Crippen LogP contribution in [-0.2, 0) is 9.59 Å². The van der Waals surface area contributed by atoms with Crippen molar-refractivity contribution in [2.75, 3.05) is 13.2 Å². The summed E-state index contributed by atoms with van der Waals surface area (Å²) in [6, 6.07) is 6.66. The third-order valence-corrected chi connectivity index (χ3v) is 2.90. The zero-order valence-electron chi connectivity index (χ0n) is 11.5. The predicted octanol–water partition coefficient (Wildman–Crippen LogP) is 2.43. The Bertz CT molecular complexity index is 459. The summed E-state index contributed by atoms with van der Waals surface area (Å²) in [6.45, 7) is 3.46. The lowest BCUT2D eigenvalue weighted by Gasteiger charge is -2.24. The van der Waals surface area contributed by atoms with Crippen LogP contribution in [0.2, 0.25) is 5.02 Å². The molecular weight excluding hydrogens is 282 g/mol. The number of halogens is 1. The molecule has 1 aromatic rings. The minimum Gasteiger partial charge on any atom is -0.493 e. The van der Waals surface area contributed by atoms with Crippen LogP contribution in [0.3, 0.4) is 0 Å². The molecule has 0 aliphatic rings. The first-order valence-corrected chi connectivity index (χ1v) is 6.67. The molecule has 0 unspecified atom stereocenters. The zero-order valence-corrected chi connectivity index (χ0v) is 12.3. The van der Waals surface area contributed by atoms with Crippen LogP contribution in [0, 0.1) is 0 Å². The highest BCUT2D eigenvalue weighted by molar-refractivity contribution is 6.30. The number of aliphatic carboxylic acids is 1. The average Bonchev–Trinajstić information content (AvgIpc) is 2.37. The van der Waals surface area contributed by atoms with Gasteiger partial charge >= 0.3 is 5.97 Å². The number of benzene rings is 1. The minimum atomic E-state index is -1.02. The molecule has 5 nitrogen and oxygen atoms in total. The fourth-order valence-electron chi connectivity index (χ4n) is 1.64. The average molecular weight is 300 g/mol. The highest BCUT2D eigenvalue weighted by atomic mass is 35.5. The number of carbonyl (C=O) groups excluding carboxylic acids is 1. The molecule has 1 rings (SSSR count). The van der Waals surface area contributed by atoms with Crippen LogP contribution in [-0.4, -0.2) is 41.1 Å². The van der Waals surface area contributed by atoms with E-state index in [1.807, 2.05) is 0 Å². The van der Waals surface area contributed by atoms with Gasteiger partial charge in [-0.3, -0.25) is 9.59 Å². The second kappa shape index (κ2) is 7.75. The zero-order chi connectivity index (χ0) is 15.1. The van der Waals surface area contributed by atoms with Crippen molar-refractivity contribution in [3.63, 3.8) is 0 Å². The van der Waals surface area contributed by atoms with E-state index in [2.05, 4.69) is 0 Å². The van der Waals surface area contributed by atoms with Crippen LogP contribution in [0.1, 0.15) is 20.3 Å². The second-order valence-corrected chi connectivity index (χ2v) is 5.00. The highest BCUT2D eigenvalue weighted by Crippen LogP contribution is 2.15. The Morgan fingerprint density at radius 3 is 2.40 bits per heavy atom. The van der Waals surface area contributed by atoms with Gasteiger partial charge in [-0.25, -0.2) is 0 Å². The van der Waals surface area contributed by atoms with E-state index in [1.54, 1.807) is 38.1 Å². The number of hydrogen-bond acceptors (Lipinski definition) is 3. The summed E-state index contributed by atoms with van der Waals surface area (Å²) in [5.74, 6) is -0.640. The van der Waals surface area contributed by atoms with Crippen molar-refractivity contribution < 1.29 is 19.4 Å². The second-order valence-electron chi connectivity index (χ2n) is 4.56. The Balaban J connectivity index is 2.44. The lowest BCUT2D eigenvalue weighted by atomic mass is 10.2. The minimum absolute atomic E-state index is 0.133. The quantitative estimate of drug-likeness (QED) is 0.839. The molecule has 1 amide bonds. The Morgan fingerprint density at radius 1 is 1.30 bits per heavy atom. The monoisotopic (exact) mass is 299 g/mol. The van der Waals surface area contributed by atoms with Gasteiger partial charge in [0.05, 0.1) is 13.0 Å². The van der Waals surface area contributed by atoms with Gasteiger partial charge in [0.2, 0.25) is 5.91 Å². The first kappa shape index (κ1) is 16.3. The van der Waals surface area contributed by atoms with E-state index in [1.165, 1.54) is 4.90 Å². The van der Waals surface area contributed by atoms with Crippen LogP contribution in [0.5, 0.6) is 5.75 Å². The first-order chi connectivity index (χ1) is 9.40. The molecule has 20 heavy (non-hydrogen) atoms. The van der Waals surface area contributed by atoms with Gasteiger partial charge in [0, 0.05) is 11.1 Å². The number of rotatable bonds is 7. The van der Waals surface area contributed by atoms with Crippen LogP contribution >= 0.6 is 11.6 Å². The molecule has 0 heterocycles. The number of amides is 1. The van der Waals surface area contributed by atoms with Crippen LogP contribution in [0.4, 0.5) is 0 Å². The summed E-state index contributed by atoms with van der Waals surface area (Å²) in [5, 5.41) is 9.39. The van der Waals surface area contributed by atoms with Gasteiger partial charge in [-0.2, -0.15) is 0 Å². The summed E-state index contributed by atoms with van der Waals surface area (Å²) in [5.41, 5.74) is 0. The highest BCUT2D eigenvalue weighted by Gasteiger charge is 2.19. The number of nitrogens with zero attached hydrogens (tertiary/aromatic N) is 1. The Hall–Kier alpha value is -1.75. The van der Waals surface area contributed by atoms with E-state index in [4.69, 9.17) is 21.4 Å². The molecule has 0 saturated heterocycles. The Labute approximate surface area is 123 Å². The van der Waals surface area contributed by atoms with E-state index in [0.717, 1.165) is 0 Å². The number of carboxylic acid groups (broad SMARTS) is 1. The lowest BCUT2D eigenvalue weighted by Crippen LogP contribution is -2.41. The van der Waals surface area contributed by atoms with Gasteiger partial charge < -0.3 is 14.7 Å². The van der Waals surface area contributed by atoms with E-state index >= 15 is 0 Å². The van der Waals surface area contributed by atoms with E-state index < -0.39 is 5.97 Å². The SMILES string of the molecule is CC(C)N(CC(=O)O)C(=O)CCOc1ccc(Cl)cc1. The van der Waals surface area contributed by atoms with E-state index in [0.29, 0.717) is 10.8 Å². The molecular formula is C14H18ClNO4. The molecule has 0 spiro atoms. The predicted molar refractivity (Wildman–Crippen MR) is 76.0 cm³/mol. The van der Waals surface area contributed by atoms with E-state index in [9.17, 15) is 9.59 Å². The topological polar surface area (TPSA) is 66.8 Å². The van der Waals surface area contributed by atoms with Crippen molar-refractivity contribution in [3.8, 4) is 5.75 Å². The fourth-order valence-corrected chi connectivity index (χ4v) is 1.76. The van der Waals surface area contributed by atoms with Crippen molar-refractivity contribution in [1.82, 2.24) is 4.90 Å². The number of carboxylic acids is 1. The van der Waals surface area contributed by atoms with Crippen molar-refractivity contribution in [1.29, 1.82) is 0 Å². The summed E-state index contributed by atoms with van der Waals surface area (Å²) in [4.78, 5) is 23.9. The standard InChI is InChI=1S/C14H18ClNO4/c1-10(2)16(9-14(18)19)13(17)7-8-20-12-5-3-11(15)4-6-12/h3-6,10H,7-9H2,1-2H3,(H,18,19). The first-order valence-electron chi connectivity index (χ1n) is 6.29. The van der Waals surface area contributed by atoms with Gasteiger partial charge in [0.1, 0.15) is 12.3 Å². The molecule has 0 bridgehead atoms.